The van der Waals surface area contributed by atoms with E-state index >= 15 is 0 Å². The van der Waals surface area contributed by atoms with Crippen LogP contribution in [0.25, 0.3) is 0 Å². The number of rotatable bonds is 4. The molecule has 1 atom stereocenters. The average Bonchev–Trinajstić information content (AvgIpc) is 2.76. The van der Waals surface area contributed by atoms with Gasteiger partial charge in [0.05, 0.1) is 32.0 Å². The summed E-state index contributed by atoms with van der Waals surface area (Å²) in [5, 5.41) is 3.48. The number of nitrogens with zero attached hydrogens (tertiary/aromatic N) is 2. The Morgan fingerprint density at radius 3 is 2.73 bits per heavy atom. The lowest BCUT2D eigenvalue weighted by Gasteiger charge is -2.38. The van der Waals surface area contributed by atoms with Crippen LogP contribution in [-0.4, -0.2) is 62.2 Å². The van der Waals surface area contributed by atoms with Crippen LogP contribution < -0.4 is 15.0 Å². The van der Waals surface area contributed by atoms with E-state index in [9.17, 15) is 9.59 Å². The van der Waals surface area contributed by atoms with Crippen molar-refractivity contribution in [2.45, 2.75) is 13.0 Å². The van der Waals surface area contributed by atoms with Crippen LogP contribution in [-0.2, 0) is 14.3 Å². The molecule has 2 aliphatic rings. The van der Waals surface area contributed by atoms with E-state index < -0.39 is 6.10 Å². The van der Waals surface area contributed by atoms with Crippen LogP contribution in [0.1, 0.15) is 5.56 Å². The molecule has 0 unspecified atom stereocenters. The van der Waals surface area contributed by atoms with Gasteiger partial charge in [-0.25, -0.2) is 0 Å². The van der Waals surface area contributed by atoms with E-state index in [0.717, 1.165) is 11.3 Å². The third-order valence-electron chi connectivity index (χ3n) is 5.27. The maximum Gasteiger partial charge on any atom is 0.265 e. The maximum absolute atomic E-state index is 13.0. The molecular weight excluding hydrogens is 406 g/mol. The summed E-state index contributed by atoms with van der Waals surface area (Å²) in [6, 6.07) is 12.8. The molecule has 0 saturated carbocycles. The molecule has 158 valence electrons. The predicted molar refractivity (Wildman–Crippen MR) is 115 cm³/mol. The molecule has 0 bridgehead atoms. The number of nitrogens with one attached hydrogen (secondary N) is 1. The molecule has 4 rings (SSSR count). The van der Waals surface area contributed by atoms with Crippen molar-refractivity contribution < 1.29 is 19.1 Å². The molecule has 8 heteroatoms. The average molecular weight is 430 g/mol. The second-order valence-electron chi connectivity index (χ2n) is 7.40. The van der Waals surface area contributed by atoms with E-state index in [1.165, 1.54) is 0 Å². The van der Waals surface area contributed by atoms with Crippen molar-refractivity contribution >= 4 is 34.8 Å². The fourth-order valence-corrected chi connectivity index (χ4v) is 3.84. The topological polar surface area (TPSA) is 71.1 Å². The van der Waals surface area contributed by atoms with Crippen LogP contribution >= 0.6 is 11.6 Å². The number of morpholine rings is 1. The van der Waals surface area contributed by atoms with Crippen molar-refractivity contribution in [2.75, 3.05) is 49.6 Å². The summed E-state index contributed by atoms with van der Waals surface area (Å²) in [5.41, 5.74) is 2.40. The number of amides is 2. The summed E-state index contributed by atoms with van der Waals surface area (Å²) in [6.07, 6.45) is -0.668. The van der Waals surface area contributed by atoms with Crippen molar-refractivity contribution in [2.24, 2.45) is 0 Å². The second kappa shape index (κ2) is 8.93. The van der Waals surface area contributed by atoms with Gasteiger partial charge in [-0.15, -0.1) is 0 Å². The van der Waals surface area contributed by atoms with Crippen molar-refractivity contribution in [3.8, 4) is 5.75 Å². The second-order valence-corrected chi connectivity index (χ2v) is 7.84. The Morgan fingerprint density at radius 2 is 1.93 bits per heavy atom. The minimum absolute atomic E-state index is 0.0797. The Balaban J connectivity index is 1.50. The van der Waals surface area contributed by atoms with Gasteiger partial charge in [-0.3, -0.25) is 9.59 Å². The van der Waals surface area contributed by atoms with Gasteiger partial charge in [0.2, 0.25) is 5.91 Å². The van der Waals surface area contributed by atoms with Gasteiger partial charge in [-0.1, -0.05) is 29.8 Å². The minimum Gasteiger partial charge on any atom is -0.477 e. The van der Waals surface area contributed by atoms with Crippen LogP contribution in [0.2, 0.25) is 5.02 Å². The number of carbonyl (C=O) groups is 2. The molecule has 2 amide bonds. The first-order valence-electron chi connectivity index (χ1n) is 9.94. The van der Waals surface area contributed by atoms with E-state index in [1.807, 2.05) is 42.2 Å². The van der Waals surface area contributed by atoms with Gasteiger partial charge in [0.25, 0.3) is 5.91 Å². The zero-order valence-corrected chi connectivity index (χ0v) is 17.5. The fraction of sp³-hybridized carbons (Fsp3) is 0.364. The standard InChI is InChI=1S/C22H24ClN3O4/c1-15-6-7-16(23)12-17(15)24-21(27)14-26-13-20(22(28)25-8-10-29-11-9-25)30-19-5-3-2-4-18(19)26/h2-7,12,20H,8-11,13-14H2,1H3,(H,24,27)/t20-/m0/s1. The van der Waals surface area contributed by atoms with Crippen LogP contribution in [0, 0.1) is 6.92 Å². The summed E-state index contributed by atoms with van der Waals surface area (Å²) in [7, 11) is 0. The number of ether oxygens (including phenoxy) is 2. The number of para-hydroxylation sites is 2. The SMILES string of the molecule is Cc1ccc(Cl)cc1NC(=O)CN1C[C@@H](C(=O)N2CCOCC2)Oc2ccccc21. The first-order valence-corrected chi connectivity index (χ1v) is 10.3. The summed E-state index contributed by atoms with van der Waals surface area (Å²) in [4.78, 5) is 29.4. The van der Waals surface area contributed by atoms with Crippen LogP contribution in [0.15, 0.2) is 42.5 Å². The molecule has 2 aromatic carbocycles. The molecular formula is C22H24ClN3O4. The van der Waals surface area contributed by atoms with Crippen LogP contribution in [0.3, 0.4) is 0 Å². The Labute approximate surface area is 180 Å². The lowest BCUT2D eigenvalue weighted by atomic mass is 10.1. The van der Waals surface area contributed by atoms with Gasteiger partial charge in [0.15, 0.2) is 6.10 Å². The zero-order valence-electron chi connectivity index (χ0n) is 16.8. The van der Waals surface area contributed by atoms with Crippen LogP contribution in [0.4, 0.5) is 11.4 Å². The molecule has 1 saturated heterocycles. The zero-order chi connectivity index (χ0) is 21.1. The monoisotopic (exact) mass is 429 g/mol. The summed E-state index contributed by atoms with van der Waals surface area (Å²) < 4.78 is 11.3. The van der Waals surface area contributed by atoms with Crippen molar-refractivity contribution in [1.29, 1.82) is 0 Å². The first-order chi connectivity index (χ1) is 14.5. The van der Waals surface area contributed by atoms with E-state index in [1.54, 1.807) is 17.0 Å². The fourth-order valence-electron chi connectivity index (χ4n) is 3.66. The number of carbonyl (C=O) groups excluding carboxylic acids is 2. The Kier molecular flexibility index (Phi) is 6.11. The Hall–Kier alpha value is -2.77. The summed E-state index contributed by atoms with van der Waals surface area (Å²) >= 11 is 6.06. The van der Waals surface area contributed by atoms with Gasteiger partial charge in [0, 0.05) is 23.8 Å². The van der Waals surface area contributed by atoms with Crippen molar-refractivity contribution in [3.63, 3.8) is 0 Å². The number of fused-ring (bicyclic) bond motifs is 1. The molecule has 0 spiro atoms. The molecule has 2 aliphatic heterocycles. The largest absolute Gasteiger partial charge is 0.477 e. The van der Waals surface area contributed by atoms with Gasteiger partial charge in [-0.2, -0.15) is 0 Å². The highest BCUT2D eigenvalue weighted by Crippen LogP contribution is 2.33. The number of aryl methyl sites for hydroxylation is 1. The molecule has 0 radical (unpaired) electrons. The molecule has 2 heterocycles. The lowest BCUT2D eigenvalue weighted by molar-refractivity contribution is -0.142. The number of anilines is 2. The normalized spacial score (nSPS) is 18.4. The maximum atomic E-state index is 13.0. The highest BCUT2D eigenvalue weighted by atomic mass is 35.5. The van der Waals surface area contributed by atoms with E-state index in [-0.39, 0.29) is 18.4 Å². The number of hydrogen-bond donors (Lipinski definition) is 1. The molecule has 30 heavy (non-hydrogen) atoms. The van der Waals surface area contributed by atoms with E-state index in [4.69, 9.17) is 21.1 Å². The van der Waals surface area contributed by atoms with Gasteiger partial charge >= 0.3 is 0 Å². The highest BCUT2D eigenvalue weighted by Gasteiger charge is 2.34. The van der Waals surface area contributed by atoms with Gasteiger partial charge < -0.3 is 24.6 Å². The lowest BCUT2D eigenvalue weighted by Crippen LogP contribution is -2.53. The number of benzene rings is 2. The summed E-state index contributed by atoms with van der Waals surface area (Å²) in [6.45, 7) is 4.46. The number of halogens is 1. The Bertz CT molecular complexity index is 946. The quantitative estimate of drug-likeness (QED) is 0.809. The third-order valence-corrected chi connectivity index (χ3v) is 5.50. The van der Waals surface area contributed by atoms with Gasteiger partial charge in [-0.05, 0) is 36.8 Å². The molecule has 7 nitrogen and oxygen atoms in total. The Morgan fingerprint density at radius 1 is 1.17 bits per heavy atom. The van der Waals surface area contributed by atoms with Crippen molar-refractivity contribution in [1.82, 2.24) is 4.90 Å². The molecule has 1 N–H and O–H groups in total. The van der Waals surface area contributed by atoms with E-state index in [0.29, 0.717) is 49.3 Å². The third kappa shape index (κ3) is 4.52. The smallest absolute Gasteiger partial charge is 0.265 e. The molecule has 0 aromatic heterocycles. The van der Waals surface area contributed by atoms with Crippen LogP contribution in [0.5, 0.6) is 5.75 Å². The number of hydrogen-bond acceptors (Lipinski definition) is 5. The first kappa shape index (κ1) is 20.5. The predicted octanol–water partition coefficient (Wildman–Crippen LogP) is 2.71. The molecule has 0 aliphatic carbocycles. The van der Waals surface area contributed by atoms with E-state index in [2.05, 4.69) is 5.32 Å². The molecule has 1 fully saturated rings. The van der Waals surface area contributed by atoms with Crippen molar-refractivity contribution in [3.05, 3.63) is 53.1 Å². The summed E-state index contributed by atoms with van der Waals surface area (Å²) in [5.74, 6) is 0.334. The minimum atomic E-state index is -0.668. The van der Waals surface area contributed by atoms with Gasteiger partial charge in [0.1, 0.15) is 5.75 Å². The molecule has 2 aromatic rings. The highest BCUT2D eigenvalue weighted by molar-refractivity contribution is 6.31.